The van der Waals surface area contributed by atoms with E-state index < -0.39 is 33.3 Å². The van der Waals surface area contributed by atoms with Crippen molar-refractivity contribution in [1.82, 2.24) is 15.6 Å². The first kappa shape index (κ1) is 26.7. The highest BCUT2D eigenvalue weighted by Gasteiger charge is 2.48. The van der Waals surface area contributed by atoms with Crippen molar-refractivity contribution in [2.45, 2.75) is 30.3 Å². The molecule has 1 saturated heterocycles. The van der Waals surface area contributed by atoms with E-state index in [4.69, 9.17) is 0 Å². The van der Waals surface area contributed by atoms with Crippen LogP contribution in [0.2, 0.25) is 0 Å². The predicted octanol–water partition coefficient (Wildman–Crippen LogP) is 1.65. The SMILES string of the molecule is CS(=O)(=O)C1(C(=O)NCc2cccnc2OCC(F)(F)F)CCNCC1.Cl.Cl. The van der Waals surface area contributed by atoms with Gasteiger partial charge in [0, 0.05) is 24.6 Å². The van der Waals surface area contributed by atoms with Crippen LogP contribution in [-0.4, -0.2) is 56.2 Å². The van der Waals surface area contributed by atoms with Crippen molar-refractivity contribution in [3.63, 3.8) is 0 Å². The van der Waals surface area contributed by atoms with Crippen LogP contribution in [0.5, 0.6) is 5.88 Å². The molecule has 0 aliphatic carbocycles. The van der Waals surface area contributed by atoms with Gasteiger partial charge in [-0.3, -0.25) is 4.79 Å². The molecule has 13 heteroatoms. The number of amides is 1. The van der Waals surface area contributed by atoms with E-state index in [9.17, 15) is 26.4 Å². The molecular formula is C15H22Cl2F3N3O4S. The number of alkyl halides is 3. The summed E-state index contributed by atoms with van der Waals surface area (Å²) in [6, 6.07) is 2.94. The van der Waals surface area contributed by atoms with Crippen LogP contribution in [0.25, 0.3) is 0 Å². The molecule has 0 radical (unpaired) electrons. The van der Waals surface area contributed by atoms with Gasteiger partial charge in [-0.05, 0) is 32.0 Å². The van der Waals surface area contributed by atoms with Crippen LogP contribution in [0.3, 0.4) is 0 Å². The number of carbonyl (C=O) groups excluding carboxylic acids is 1. The lowest BCUT2D eigenvalue weighted by atomic mass is 9.96. The van der Waals surface area contributed by atoms with E-state index in [1.54, 1.807) is 0 Å². The van der Waals surface area contributed by atoms with Crippen molar-refractivity contribution in [3.8, 4) is 5.88 Å². The second kappa shape index (κ2) is 10.5. The fourth-order valence-electron chi connectivity index (χ4n) is 2.77. The first-order chi connectivity index (χ1) is 12.1. The molecule has 0 unspecified atom stereocenters. The lowest BCUT2D eigenvalue weighted by molar-refractivity contribution is -0.154. The molecule has 1 aliphatic heterocycles. The number of aromatic nitrogens is 1. The van der Waals surface area contributed by atoms with Gasteiger partial charge in [-0.2, -0.15) is 13.2 Å². The summed E-state index contributed by atoms with van der Waals surface area (Å²) in [5.41, 5.74) is 0.225. The second-order valence-electron chi connectivity index (χ2n) is 6.07. The molecule has 2 rings (SSSR count). The van der Waals surface area contributed by atoms with E-state index in [0.717, 1.165) is 6.26 Å². The molecule has 1 aliphatic rings. The van der Waals surface area contributed by atoms with E-state index in [-0.39, 0.29) is 55.6 Å². The van der Waals surface area contributed by atoms with Gasteiger partial charge in [-0.25, -0.2) is 13.4 Å². The van der Waals surface area contributed by atoms with Crippen LogP contribution in [0.15, 0.2) is 18.3 Å². The van der Waals surface area contributed by atoms with Gasteiger partial charge in [0.1, 0.15) is 0 Å². The van der Waals surface area contributed by atoms with Gasteiger partial charge in [0.05, 0.1) is 0 Å². The minimum Gasteiger partial charge on any atom is -0.468 e. The number of rotatable bonds is 6. The van der Waals surface area contributed by atoms with E-state index in [1.807, 2.05) is 0 Å². The molecule has 2 heterocycles. The van der Waals surface area contributed by atoms with E-state index in [1.165, 1.54) is 18.3 Å². The van der Waals surface area contributed by atoms with Crippen LogP contribution in [0.4, 0.5) is 13.2 Å². The highest BCUT2D eigenvalue weighted by Crippen LogP contribution is 2.28. The fourth-order valence-corrected chi connectivity index (χ4v) is 4.13. The highest BCUT2D eigenvalue weighted by atomic mass is 35.5. The summed E-state index contributed by atoms with van der Waals surface area (Å²) in [4.78, 5) is 16.3. The smallest absolute Gasteiger partial charge is 0.422 e. The molecule has 0 atom stereocenters. The lowest BCUT2D eigenvalue weighted by Gasteiger charge is -2.34. The number of hydrogen-bond donors (Lipinski definition) is 2. The Kier molecular flexibility index (Phi) is 9.98. The number of ether oxygens (including phenoxy) is 1. The third-order valence-corrected chi connectivity index (χ3v) is 6.21. The summed E-state index contributed by atoms with van der Waals surface area (Å²) in [5.74, 6) is -0.934. The largest absolute Gasteiger partial charge is 0.468 e. The molecule has 0 spiro atoms. The van der Waals surface area contributed by atoms with Gasteiger partial charge in [0.15, 0.2) is 21.2 Å². The zero-order valence-electron chi connectivity index (χ0n) is 14.9. The minimum absolute atomic E-state index is 0. The average molecular weight is 468 g/mol. The molecule has 0 aromatic carbocycles. The van der Waals surface area contributed by atoms with Crippen molar-refractivity contribution in [2.24, 2.45) is 0 Å². The summed E-state index contributed by atoms with van der Waals surface area (Å²) in [6.45, 7) is -0.935. The third-order valence-electron chi connectivity index (χ3n) is 4.20. The molecule has 1 amide bonds. The van der Waals surface area contributed by atoms with E-state index in [2.05, 4.69) is 20.4 Å². The van der Waals surface area contributed by atoms with Crippen LogP contribution in [0, 0.1) is 0 Å². The van der Waals surface area contributed by atoms with Crippen LogP contribution < -0.4 is 15.4 Å². The Hall–Kier alpha value is -1.30. The van der Waals surface area contributed by atoms with E-state index >= 15 is 0 Å². The number of pyridine rings is 1. The van der Waals surface area contributed by atoms with Crippen LogP contribution >= 0.6 is 24.8 Å². The summed E-state index contributed by atoms with van der Waals surface area (Å²) in [6.07, 6.45) is -1.99. The highest BCUT2D eigenvalue weighted by molar-refractivity contribution is 7.92. The quantitative estimate of drug-likeness (QED) is 0.659. The molecule has 1 aromatic heterocycles. The summed E-state index contributed by atoms with van der Waals surface area (Å²) < 4.78 is 64.4. The fraction of sp³-hybridized carbons (Fsp3) is 0.600. The Balaban J connectivity index is 0.00000364. The molecule has 1 aromatic rings. The third kappa shape index (κ3) is 6.64. The Morgan fingerprint density at radius 1 is 1.32 bits per heavy atom. The first-order valence-corrected chi connectivity index (χ1v) is 9.76. The molecule has 28 heavy (non-hydrogen) atoms. The van der Waals surface area contributed by atoms with Crippen molar-refractivity contribution >= 4 is 40.6 Å². The van der Waals surface area contributed by atoms with Crippen LogP contribution in [0.1, 0.15) is 18.4 Å². The Morgan fingerprint density at radius 2 is 1.93 bits per heavy atom. The average Bonchev–Trinajstić information content (AvgIpc) is 2.57. The Bertz CT molecular complexity index is 757. The van der Waals surface area contributed by atoms with Gasteiger partial charge in [0.2, 0.25) is 11.8 Å². The topological polar surface area (TPSA) is 97.4 Å². The minimum atomic E-state index is -4.52. The lowest BCUT2D eigenvalue weighted by Crippen LogP contribution is -2.57. The van der Waals surface area contributed by atoms with Gasteiger partial charge in [-0.1, -0.05) is 6.07 Å². The number of halogens is 5. The Morgan fingerprint density at radius 3 is 2.46 bits per heavy atom. The van der Waals surface area contributed by atoms with E-state index in [0.29, 0.717) is 13.1 Å². The summed E-state index contributed by atoms with van der Waals surface area (Å²) in [7, 11) is -3.68. The predicted molar refractivity (Wildman–Crippen MR) is 102 cm³/mol. The standard InChI is InChI=1S/C15H20F3N3O4S.2ClH/c1-26(23,24)14(4-7-19-8-5-14)13(22)21-9-11-3-2-6-20-12(11)25-10-15(16,17)18;;/h2-3,6,19H,4-5,7-10H2,1H3,(H,21,22);2*1H. The number of nitrogens with one attached hydrogen (secondary N) is 2. The maximum Gasteiger partial charge on any atom is 0.422 e. The zero-order chi connectivity index (χ0) is 19.4. The first-order valence-electron chi connectivity index (χ1n) is 7.87. The summed E-state index contributed by atoms with van der Waals surface area (Å²) >= 11 is 0. The van der Waals surface area contributed by atoms with Gasteiger partial charge in [-0.15, -0.1) is 24.8 Å². The molecule has 1 fully saturated rings. The molecule has 2 N–H and O–H groups in total. The van der Waals surface area contributed by atoms with Crippen molar-refractivity contribution in [1.29, 1.82) is 0 Å². The molecule has 0 bridgehead atoms. The van der Waals surface area contributed by atoms with Gasteiger partial charge in [0.25, 0.3) is 0 Å². The van der Waals surface area contributed by atoms with Gasteiger partial charge < -0.3 is 15.4 Å². The number of nitrogens with zero attached hydrogens (tertiary/aromatic N) is 1. The zero-order valence-corrected chi connectivity index (χ0v) is 17.4. The van der Waals surface area contributed by atoms with Crippen LogP contribution in [-0.2, 0) is 21.2 Å². The Labute approximate surface area is 173 Å². The molecule has 162 valence electrons. The van der Waals surface area contributed by atoms with Crippen molar-refractivity contribution < 1.29 is 31.1 Å². The van der Waals surface area contributed by atoms with Crippen molar-refractivity contribution in [3.05, 3.63) is 23.9 Å². The monoisotopic (exact) mass is 467 g/mol. The normalized spacial score (nSPS) is 16.3. The maximum atomic E-state index is 12.6. The number of hydrogen-bond acceptors (Lipinski definition) is 6. The second-order valence-corrected chi connectivity index (χ2v) is 8.40. The number of sulfone groups is 1. The van der Waals surface area contributed by atoms with Gasteiger partial charge >= 0.3 is 6.18 Å². The molecule has 7 nitrogen and oxygen atoms in total. The van der Waals surface area contributed by atoms with Crippen molar-refractivity contribution in [2.75, 3.05) is 26.0 Å². The maximum absolute atomic E-state index is 12.6. The molecule has 0 saturated carbocycles. The summed E-state index contributed by atoms with van der Waals surface area (Å²) in [5, 5.41) is 5.51. The number of piperidine rings is 1. The number of carbonyl (C=O) groups is 1. The molecular weight excluding hydrogens is 446 g/mol.